The van der Waals surface area contributed by atoms with Crippen LogP contribution in [0.1, 0.15) is 38.1 Å². The van der Waals surface area contributed by atoms with Crippen LogP contribution in [0.15, 0.2) is 18.6 Å². The van der Waals surface area contributed by atoms with Gasteiger partial charge in [-0.3, -0.25) is 4.90 Å². The van der Waals surface area contributed by atoms with E-state index >= 15 is 0 Å². The van der Waals surface area contributed by atoms with Gasteiger partial charge in [-0.15, -0.1) is 0 Å². The Bertz CT molecular complexity index is 877. The number of piperidine rings is 1. The lowest BCUT2D eigenvalue weighted by atomic mass is 9.84. The van der Waals surface area contributed by atoms with Crippen molar-refractivity contribution in [3.05, 3.63) is 18.6 Å². The first-order valence-corrected chi connectivity index (χ1v) is 10.9. The van der Waals surface area contributed by atoms with Crippen LogP contribution in [0.25, 0.3) is 11.0 Å². The summed E-state index contributed by atoms with van der Waals surface area (Å²) in [4.78, 5) is 13.5. The van der Waals surface area contributed by atoms with Gasteiger partial charge in [0.05, 0.1) is 17.5 Å². The maximum Gasteiger partial charge on any atom is 0.145 e. The molecule has 0 radical (unpaired) electrons. The summed E-state index contributed by atoms with van der Waals surface area (Å²) in [5.74, 6) is 0.501. The molecule has 3 aliphatic rings. The van der Waals surface area contributed by atoms with Gasteiger partial charge in [0.15, 0.2) is 0 Å². The Kier molecular flexibility index (Phi) is 4.77. The van der Waals surface area contributed by atoms with Crippen molar-refractivity contribution in [1.82, 2.24) is 24.3 Å². The Morgan fingerprint density at radius 2 is 1.93 bits per heavy atom. The van der Waals surface area contributed by atoms with Crippen molar-refractivity contribution in [2.24, 2.45) is 5.92 Å². The molecular weight excluding hydrogens is 368 g/mol. The van der Waals surface area contributed by atoms with E-state index < -0.39 is 12.2 Å². The summed E-state index contributed by atoms with van der Waals surface area (Å²) in [6.07, 6.45) is 7.48. The maximum atomic E-state index is 10.9. The summed E-state index contributed by atoms with van der Waals surface area (Å²) < 4.78 is 1.97. The van der Waals surface area contributed by atoms with Gasteiger partial charge < -0.3 is 25.4 Å². The zero-order chi connectivity index (χ0) is 20.2. The van der Waals surface area contributed by atoms with E-state index in [0.717, 1.165) is 43.6 Å². The van der Waals surface area contributed by atoms with E-state index in [1.54, 1.807) is 0 Å². The molecule has 2 aromatic rings. The lowest BCUT2D eigenvalue weighted by Crippen LogP contribution is -2.53. The fourth-order valence-corrected chi connectivity index (χ4v) is 5.98. The lowest BCUT2D eigenvalue weighted by Gasteiger charge is -2.45. The lowest BCUT2D eigenvalue weighted by molar-refractivity contribution is -0.0126. The van der Waals surface area contributed by atoms with E-state index in [-0.39, 0.29) is 17.5 Å². The SMILES string of the molecule is CN1CCC2(CCCN2C[C@H]2C[C@@H](n3ccc4c(N)ncnc43)[C@H](O)[C@@H]2O)CC1. The third-order valence-electron chi connectivity index (χ3n) is 7.78. The number of nitrogens with zero attached hydrogens (tertiary/aromatic N) is 5. The minimum absolute atomic E-state index is 0.0567. The molecule has 2 saturated heterocycles. The number of aliphatic hydroxyl groups excluding tert-OH is 2. The van der Waals surface area contributed by atoms with Crippen molar-refractivity contribution < 1.29 is 10.2 Å². The first-order valence-electron chi connectivity index (χ1n) is 10.9. The van der Waals surface area contributed by atoms with Crippen LogP contribution in [0.3, 0.4) is 0 Å². The van der Waals surface area contributed by atoms with Gasteiger partial charge >= 0.3 is 0 Å². The Morgan fingerprint density at radius 1 is 1.14 bits per heavy atom. The van der Waals surface area contributed by atoms with Crippen LogP contribution in [0.5, 0.6) is 0 Å². The van der Waals surface area contributed by atoms with Gasteiger partial charge in [-0.05, 0) is 64.9 Å². The Morgan fingerprint density at radius 3 is 2.72 bits per heavy atom. The van der Waals surface area contributed by atoms with Crippen molar-refractivity contribution in [3.8, 4) is 0 Å². The molecule has 2 aromatic heterocycles. The molecule has 29 heavy (non-hydrogen) atoms. The molecule has 5 rings (SSSR count). The summed E-state index contributed by atoms with van der Waals surface area (Å²) >= 11 is 0. The van der Waals surface area contributed by atoms with Crippen molar-refractivity contribution in [1.29, 1.82) is 0 Å². The maximum absolute atomic E-state index is 10.9. The molecule has 1 spiro atoms. The molecule has 3 fully saturated rings. The van der Waals surface area contributed by atoms with Gasteiger partial charge in [-0.1, -0.05) is 0 Å². The molecule has 4 heterocycles. The number of nitrogens with two attached hydrogens (primary N) is 1. The molecule has 4 atom stereocenters. The van der Waals surface area contributed by atoms with Gasteiger partial charge in [0.25, 0.3) is 0 Å². The van der Waals surface area contributed by atoms with Gasteiger partial charge in [0.1, 0.15) is 23.9 Å². The number of likely N-dealkylation sites (tertiary alicyclic amines) is 2. The molecule has 1 saturated carbocycles. The fourth-order valence-electron chi connectivity index (χ4n) is 5.98. The minimum Gasteiger partial charge on any atom is -0.390 e. The molecule has 0 bridgehead atoms. The quantitative estimate of drug-likeness (QED) is 0.702. The monoisotopic (exact) mass is 400 g/mol. The van der Waals surface area contributed by atoms with Crippen LogP contribution in [0.4, 0.5) is 5.82 Å². The van der Waals surface area contributed by atoms with Crippen LogP contribution in [-0.2, 0) is 0 Å². The van der Waals surface area contributed by atoms with E-state index in [9.17, 15) is 10.2 Å². The highest BCUT2D eigenvalue weighted by Gasteiger charge is 2.48. The van der Waals surface area contributed by atoms with Crippen LogP contribution in [-0.4, -0.2) is 85.5 Å². The Balaban J connectivity index is 1.35. The number of nitrogen functional groups attached to an aromatic ring is 1. The fraction of sp³-hybridized carbons (Fsp3) is 0.714. The van der Waals surface area contributed by atoms with E-state index in [0.29, 0.717) is 5.82 Å². The second kappa shape index (κ2) is 7.19. The number of anilines is 1. The van der Waals surface area contributed by atoms with E-state index in [1.807, 2.05) is 16.8 Å². The van der Waals surface area contributed by atoms with Gasteiger partial charge in [-0.25, -0.2) is 9.97 Å². The van der Waals surface area contributed by atoms with E-state index in [2.05, 4.69) is 26.8 Å². The van der Waals surface area contributed by atoms with Crippen LogP contribution < -0.4 is 5.73 Å². The molecule has 4 N–H and O–H groups in total. The summed E-state index contributed by atoms with van der Waals surface area (Å²) in [5.41, 5.74) is 6.98. The first kappa shape index (κ1) is 19.2. The largest absolute Gasteiger partial charge is 0.390 e. The highest BCUT2D eigenvalue weighted by Crippen LogP contribution is 2.43. The number of aliphatic hydroxyl groups is 2. The summed E-state index contributed by atoms with van der Waals surface area (Å²) in [7, 11) is 2.20. The molecular formula is C21H32N6O2. The Labute approximate surface area is 171 Å². The third-order valence-corrected chi connectivity index (χ3v) is 7.78. The van der Waals surface area contributed by atoms with Gasteiger partial charge in [-0.2, -0.15) is 0 Å². The first-order chi connectivity index (χ1) is 14.0. The molecule has 2 aliphatic heterocycles. The zero-order valence-electron chi connectivity index (χ0n) is 17.1. The Hall–Kier alpha value is -1.74. The zero-order valence-corrected chi connectivity index (χ0v) is 17.1. The number of fused-ring (bicyclic) bond motifs is 1. The van der Waals surface area contributed by atoms with Crippen LogP contribution in [0, 0.1) is 5.92 Å². The molecule has 1 aliphatic carbocycles. The van der Waals surface area contributed by atoms with Gasteiger partial charge in [0.2, 0.25) is 0 Å². The van der Waals surface area contributed by atoms with Crippen LogP contribution in [0.2, 0.25) is 0 Å². The average molecular weight is 401 g/mol. The summed E-state index contributed by atoms with van der Waals surface area (Å²) in [6.45, 7) is 4.25. The normalized spacial score (nSPS) is 33.2. The van der Waals surface area contributed by atoms with Crippen molar-refractivity contribution in [2.45, 2.75) is 55.9 Å². The standard InChI is InChI=1S/C21H32N6O2/c1-25-9-5-21(6-10-25)4-2-7-26(21)12-14-11-16(18(29)17(14)28)27-8-3-15-19(22)23-13-24-20(15)27/h3,8,13-14,16-18,28-29H,2,4-7,9-12H2,1H3,(H2,22,23,24)/t14-,16-,17-,18+/m1/s1. The molecule has 0 amide bonds. The second-order valence-corrected chi connectivity index (χ2v) is 9.34. The number of hydrogen-bond acceptors (Lipinski definition) is 7. The third kappa shape index (κ3) is 3.13. The minimum atomic E-state index is -0.803. The van der Waals surface area contributed by atoms with Crippen molar-refractivity contribution in [3.63, 3.8) is 0 Å². The summed E-state index contributed by atoms with van der Waals surface area (Å²) in [5, 5.41) is 22.5. The van der Waals surface area contributed by atoms with E-state index in [4.69, 9.17) is 5.73 Å². The molecule has 0 aromatic carbocycles. The topological polar surface area (TPSA) is 104 Å². The number of rotatable bonds is 3. The predicted octanol–water partition coefficient (Wildman–Crippen LogP) is 0.857. The van der Waals surface area contributed by atoms with Crippen LogP contribution >= 0.6 is 0 Å². The molecule has 8 nitrogen and oxygen atoms in total. The highest BCUT2D eigenvalue weighted by atomic mass is 16.3. The number of aromatic nitrogens is 3. The molecule has 158 valence electrons. The highest BCUT2D eigenvalue weighted by molar-refractivity contribution is 5.86. The number of hydrogen-bond donors (Lipinski definition) is 3. The average Bonchev–Trinajstić information content (AvgIpc) is 3.38. The second-order valence-electron chi connectivity index (χ2n) is 9.34. The van der Waals surface area contributed by atoms with Crippen molar-refractivity contribution in [2.75, 3.05) is 39.0 Å². The van der Waals surface area contributed by atoms with E-state index in [1.165, 1.54) is 32.0 Å². The van der Waals surface area contributed by atoms with Crippen molar-refractivity contribution >= 4 is 16.9 Å². The molecule has 0 unspecified atom stereocenters. The smallest absolute Gasteiger partial charge is 0.145 e. The van der Waals surface area contributed by atoms with Gasteiger partial charge in [0, 0.05) is 24.2 Å². The molecule has 8 heteroatoms. The summed E-state index contributed by atoms with van der Waals surface area (Å²) in [6, 6.07) is 1.70. The predicted molar refractivity (Wildman–Crippen MR) is 111 cm³/mol.